The highest BCUT2D eigenvalue weighted by Crippen LogP contribution is 2.36. The Labute approximate surface area is 174 Å². The van der Waals surface area contributed by atoms with Crippen LogP contribution in [-0.2, 0) is 26.4 Å². The fourth-order valence-electron chi connectivity index (χ4n) is 3.16. The number of ether oxygens (including phenoxy) is 1. The molecule has 1 unspecified atom stereocenters. The lowest BCUT2D eigenvalue weighted by Crippen LogP contribution is -2.37. The van der Waals surface area contributed by atoms with Gasteiger partial charge < -0.3 is 15.4 Å². The van der Waals surface area contributed by atoms with Crippen LogP contribution < -0.4 is 10.6 Å². The zero-order valence-electron chi connectivity index (χ0n) is 17.5. The van der Waals surface area contributed by atoms with Crippen LogP contribution in [0.3, 0.4) is 0 Å². The molecule has 1 atom stereocenters. The Hall–Kier alpha value is -2.66. The third-order valence-electron chi connectivity index (χ3n) is 4.87. The summed E-state index contributed by atoms with van der Waals surface area (Å²) in [5, 5.41) is 9.70. The minimum atomic E-state index is -4.58. The third kappa shape index (κ3) is 4.12. The maximum absolute atomic E-state index is 13.2. The molecule has 14 heteroatoms. The van der Waals surface area contributed by atoms with E-state index in [2.05, 4.69) is 25.7 Å². The van der Waals surface area contributed by atoms with E-state index >= 15 is 0 Å². The summed E-state index contributed by atoms with van der Waals surface area (Å²) in [4.78, 5) is 20.1. The quantitative estimate of drug-likeness (QED) is 0.483. The van der Waals surface area contributed by atoms with Gasteiger partial charge in [-0.05, 0) is 19.1 Å². The van der Waals surface area contributed by atoms with Crippen LogP contribution in [0.4, 0.5) is 30.8 Å². The van der Waals surface area contributed by atoms with Crippen LogP contribution in [0, 0.1) is 0 Å². The molecule has 3 rings (SSSR count). The molecule has 0 amide bonds. The first-order valence-electron chi connectivity index (χ1n) is 9.59. The molecule has 2 aromatic heterocycles. The molecule has 1 aliphatic heterocycles. The second-order valence-electron chi connectivity index (χ2n) is 8.32. The number of aromatic nitrogens is 4. The van der Waals surface area contributed by atoms with Gasteiger partial charge in [0.05, 0.1) is 12.3 Å². The molecule has 3 heterocycles. The van der Waals surface area contributed by atoms with Gasteiger partial charge in [-0.15, -0.1) is 0 Å². The summed E-state index contributed by atoms with van der Waals surface area (Å²) in [5.74, 6) is -0.223. The summed E-state index contributed by atoms with van der Waals surface area (Å²) in [6.45, 7) is 4.02. The van der Waals surface area contributed by atoms with Crippen molar-refractivity contribution in [2.75, 3.05) is 23.8 Å². The first-order valence-corrected chi connectivity index (χ1v) is 9.59. The first kappa shape index (κ1) is 22.0. The molecule has 8 nitrogen and oxygen atoms in total. The van der Waals surface area contributed by atoms with Crippen molar-refractivity contribution in [1.29, 1.82) is 0 Å². The summed E-state index contributed by atoms with van der Waals surface area (Å²) < 4.78 is 46.4. The molecule has 1 saturated heterocycles. The minimum absolute atomic E-state index is 0.0185. The SMILES string of the molecule is BC(B)(B)n1nc(C2(C)CCOC2=O)cc1Nc1ncc(C(F)(F)F)c(NCC)n1. The van der Waals surface area contributed by atoms with Gasteiger partial charge in [0.2, 0.25) is 5.95 Å². The van der Waals surface area contributed by atoms with E-state index in [-0.39, 0.29) is 24.3 Å². The average molecular weight is 420 g/mol. The predicted molar refractivity (Wildman–Crippen MR) is 113 cm³/mol. The van der Waals surface area contributed by atoms with Crippen molar-refractivity contribution < 1.29 is 22.7 Å². The maximum atomic E-state index is 13.2. The van der Waals surface area contributed by atoms with Crippen LogP contribution in [0.5, 0.6) is 0 Å². The summed E-state index contributed by atoms with van der Waals surface area (Å²) in [5.41, 5.74) is -1.31. The molecule has 0 aromatic carbocycles. The molecule has 30 heavy (non-hydrogen) atoms. The second-order valence-corrected chi connectivity index (χ2v) is 8.32. The number of carbonyl (C=O) groups is 1. The molecule has 158 valence electrons. The van der Waals surface area contributed by atoms with Gasteiger partial charge in [-0.3, -0.25) is 9.48 Å². The minimum Gasteiger partial charge on any atom is -0.465 e. The summed E-state index contributed by atoms with van der Waals surface area (Å²) in [6.07, 6.45) is -3.34. The molecule has 0 spiro atoms. The van der Waals surface area contributed by atoms with Crippen LogP contribution in [0.1, 0.15) is 31.5 Å². The van der Waals surface area contributed by atoms with Gasteiger partial charge in [-0.2, -0.15) is 23.3 Å². The molecule has 1 fully saturated rings. The van der Waals surface area contributed by atoms with Crippen molar-refractivity contribution in [3.8, 4) is 0 Å². The van der Waals surface area contributed by atoms with Crippen LogP contribution in [0.25, 0.3) is 0 Å². The number of hydrogen-bond donors (Lipinski definition) is 2. The van der Waals surface area contributed by atoms with E-state index in [1.807, 2.05) is 23.5 Å². The van der Waals surface area contributed by atoms with Gasteiger partial charge in [0, 0.05) is 25.2 Å². The van der Waals surface area contributed by atoms with E-state index in [4.69, 9.17) is 4.74 Å². The summed E-state index contributed by atoms with van der Waals surface area (Å²) in [7, 11) is 5.76. The van der Waals surface area contributed by atoms with Gasteiger partial charge in [0.15, 0.2) is 0 Å². The predicted octanol–water partition coefficient (Wildman–Crippen LogP) is -0.461. The van der Waals surface area contributed by atoms with Crippen LogP contribution >= 0.6 is 0 Å². The topological polar surface area (TPSA) is 94.0 Å². The zero-order valence-corrected chi connectivity index (χ0v) is 17.5. The van der Waals surface area contributed by atoms with Crippen molar-refractivity contribution >= 4 is 47.1 Å². The third-order valence-corrected chi connectivity index (χ3v) is 4.87. The van der Waals surface area contributed by atoms with Crippen molar-refractivity contribution in [2.45, 2.75) is 37.1 Å². The van der Waals surface area contributed by atoms with Crippen molar-refractivity contribution in [3.63, 3.8) is 0 Å². The molecule has 0 radical (unpaired) electrons. The smallest absolute Gasteiger partial charge is 0.421 e. The molecule has 0 saturated carbocycles. The molecular weight excluding hydrogens is 398 g/mol. The van der Waals surface area contributed by atoms with E-state index in [0.717, 1.165) is 6.20 Å². The number of nitrogens with one attached hydrogen (secondary N) is 2. The highest BCUT2D eigenvalue weighted by molar-refractivity contribution is 6.56. The number of anilines is 3. The molecule has 0 aliphatic carbocycles. The fraction of sp³-hybridized carbons (Fsp3) is 0.500. The zero-order chi connectivity index (χ0) is 22.3. The Balaban J connectivity index is 2.02. The molecule has 2 aromatic rings. The number of esters is 1. The molecular formula is C16H22B3F3N6O2. The maximum Gasteiger partial charge on any atom is 0.421 e. The monoisotopic (exact) mass is 420 g/mol. The van der Waals surface area contributed by atoms with Crippen molar-refractivity contribution in [3.05, 3.63) is 23.5 Å². The Bertz CT molecular complexity index is 963. The number of carbonyl (C=O) groups excluding carboxylic acids is 1. The number of hydrogen-bond acceptors (Lipinski definition) is 7. The van der Waals surface area contributed by atoms with Crippen molar-refractivity contribution in [1.82, 2.24) is 19.7 Å². The lowest BCUT2D eigenvalue weighted by atomic mass is 9.49. The number of alkyl halides is 3. The normalized spacial score (nSPS) is 19.6. The van der Waals surface area contributed by atoms with Gasteiger partial charge >= 0.3 is 12.1 Å². The van der Waals surface area contributed by atoms with E-state index in [9.17, 15) is 18.0 Å². The van der Waals surface area contributed by atoms with Crippen LogP contribution in [0.2, 0.25) is 0 Å². The largest absolute Gasteiger partial charge is 0.465 e. The van der Waals surface area contributed by atoms with Gasteiger partial charge in [-0.25, -0.2) is 4.98 Å². The first-order chi connectivity index (χ1) is 13.9. The number of rotatable bonds is 6. The molecule has 0 bridgehead atoms. The van der Waals surface area contributed by atoms with Gasteiger partial charge in [0.1, 0.15) is 46.2 Å². The standard InChI is InChI=1S/C16H22B3F3N6O2/c1-3-23-11-8(15(20,21)22)7-24-13(26-11)25-10-6-9(27-28(10)16(17,18)19)14(2)4-5-30-12(14)29/h6-7H,3-5,17-19H2,1-2H3,(H2,23,24,25,26). The summed E-state index contributed by atoms with van der Waals surface area (Å²) in [6, 6.07) is 1.69. The van der Waals surface area contributed by atoms with Crippen molar-refractivity contribution in [2.24, 2.45) is 0 Å². The second kappa shape index (κ2) is 7.55. The van der Waals surface area contributed by atoms with Gasteiger partial charge in [-0.1, -0.05) is 0 Å². The Kier molecular flexibility index (Phi) is 5.55. The Morgan fingerprint density at radius 1 is 1.33 bits per heavy atom. The number of cyclic esters (lactones) is 1. The van der Waals surface area contributed by atoms with E-state index in [0.29, 0.717) is 24.5 Å². The number of halogens is 3. The lowest BCUT2D eigenvalue weighted by Gasteiger charge is -2.23. The van der Waals surface area contributed by atoms with Gasteiger partial charge in [0.25, 0.3) is 0 Å². The van der Waals surface area contributed by atoms with Crippen LogP contribution in [0.15, 0.2) is 12.3 Å². The average Bonchev–Trinajstić information content (AvgIpc) is 3.19. The summed E-state index contributed by atoms with van der Waals surface area (Å²) >= 11 is 0. The van der Waals surface area contributed by atoms with Crippen LogP contribution in [-0.4, -0.2) is 62.4 Å². The highest BCUT2D eigenvalue weighted by Gasteiger charge is 2.44. The Morgan fingerprint density at radius 3 is 2.57 bits per heavy atom. The Morgan fingerprint density at radius 2 is 2.03 bits per heavy atom. The van der Waals surface area contributed by atoms with E-state index in [1.165, 1.54) is 0 Å². The molecule has 2 N–H and O–H groups in total. The van der Waals surface area contributed by atoms with E-state index < -0.39 is 22.4 Å². The van der Waals surface area contributed by atoms with E-state index in [1.54, 1.807) is 24.6 Å². The lowest BCUT2D eigenvalue weighted by molar-refractivity contribution is -0.142. The fourth-order valence-corrected chi connectivity index (χ4v) is 3.16. The molecule has 1 aliphatic rings. The number of nitrogens with zero attached hydrogens (tertiary/aromatic N) is 4. The highest BCUT2D eigenvalue weighted by atomic mass is 19.4.